The zero-order valence-corrected chi connectivity index (χ0v) is 16.8. The number of nitrogens with one attached hydrogen (secondary N) is 2. The third-order valence-corrected chi connectivity index (χ3v) is 5.13. The third-order valence-electron chi connectivity index (χ3n) is 5.13. The number of aromatic nitrogens is 3. The molecule has 0 spiro atoms. The lowest BCUT2D eigenvalue weighted by molar-refractivity contribution is 0.0957. The minimum Gasteiger partial charge on any atom is -0.402 e. The van der Waals surface area contributed by atoms with E-state index in [0.29, 0.717) is 5.56 Å². The Hall–Kier alpha value is -3.30. The van der Waals surface area contributed by atoms with E-state index in [2.05, 4.69) is 20.3 Å². The number of nitrogens with two attached hydrogens (primary N) is 1. The van der Waals surface area contributed by atoms with E-state index in [-0.39, 0.29) is 60.8 Å². The molecule has 0 atom stereocenters. The number of allylic oxidation sites excluding steroid dienone is 1. The zero-order valence-electron chi connectivity index (χ0n) is 16.8. The van der Waals surface area contributed by atoms with Gasteiger partial charge in [0.25, 0.3) is 11.5 Å². The predicted molar refractivity (Wildman–Crippen MR) is 109 cm³/mol. The number of pyridine rings is 1. The lowest BCUT2D eigenvalue weighted by Crippen LogP contribution is -2.43. The molecule has 10 heteroatoms. The zero-order chi connectivity index (χ0) is 21.9. The van der Waals surface area contributed by atoms with Gasteiger partial charge in [-0.2, -0.15) is 4.39 Å². The summed E-state index contributed by atoms with van der Waals surface area (Å²) in [5.74, 6) is -0.974. The van der Waals surface area contributed by atoms with Crippen molar-refractivity contribution in [3.8, 4) is 0 Å². The highest BCUT2D eigenvalue weighted by Crippen LogP contribution is 2.34. The summed E-state index contributed by atoms with van der Waals surface area (Å²) in [6.45, 7) is 2.19. The molecule has 30 heavy (non-hydrogen) atoms. The van der Waals surface area contributed by atoms with Crippen molar-refractivity contribution in [2.45, 2.75) is 31.9 Å². The minimum atomic E-state index is -1.55. The van der Waals surface area contributed by atoms with Gasteiger partial charge in [-0.1, -0.05) is 0 Å². The molecule has 1 saturated heterocycles. The number of nitrogens with zero attached hydrogens (tertiary/aromatic N) is 3. The summed E-state index contributed by atoms with van der Waals surface area (Å²) in [7, 11) is 1.44. The van der Waals surface area contributed by atoms with Gasteiger partial charge >= 0.3 is 0 Å². The average molecular weight is 418 g/mol. The van der Waals surface area contributed by atoms with Crippen molar-refractivity contribution in [1.29, 1.82) is 0 Å². The van der Waals surface area contributed by atoms with Crippen LogP contribution in [0.5, 0.6) is 0 Å². The van der Waals surface area contributed by atoms with E-state index in [4.69, 9.17) is 5.73 Å². The third kappa shape index (κ3) is 4.81. The number of amides is 1. The Morgan fingerprint density at radius 1 is 1.40 bits per heavy atom. The Balaban J connectivity index is 1.65. The van der Waals surface area contributed by atoms with Crippen LogP contribution in [0.15, 0.2) is 28.8 Å². The lowest BCUT2D eigenvalue weighted by atomic mass is 9.88. The number of hydrogen-bond acceptors (Lipinski definition) is 6. The number of carbonyl (C=O) groups is 1. The SMILES string of the molecule is CNC(=O)c1ccc(N2CCC(F)(C/C(N)=C/c3ncc(C)c(=O)[nH]3)CC2)c(F)n1. The van der Waals surface area contributed by atoms with Crippen molar-refractivity contribution >= 4 is 17.7 Å². The van der Waals surface area contributed by atoms with E-state index in [1.165, 1.54) is 31.5 Å². The standard InChI is InChI=1S/C20H24F2N6O2/c1-12-11-25-16(27-18(12)29)9-13(23)10-20(22)5-7-28(8-6-20)15-4-3-14(19(30)24-2)26-17(15)21/h3-4,9,11H,5-8,10,23H2,1-2H3,(H,24,30)(H,25,27,29)/b13-9-. The summed E-state index contributed by atoms with van der Waals surface area (Å²) in [4.78, 5) is 35.2. The highest BCUT2D eigenvalue weighted by atomic mass is 19.1. The Labute approximate surface area is 172 Å². The molecular formula is C20H24F2N6O2. The summed E-state index contributed by atoms with van der Waals surface area (Å²) in [6, 6.07) is 2.91. The Morgan fingerprint density at radius 3 is 2.70 bits per heavy atom. The molecule has 3 heterocycles. The van der Waals surface area contributed by atoms with Gasteiger partial charge in [-0.05, 0) is 38.0 Å². The Bertz CT molecular complexity index is 1030. The Kier molecular flexibility index (Phi) is 6.14. The summed E-state index contributed by atoms with van der Waals surface area (Å²) >= 11 is 0. The summed E-state index contributed by atoms with van der Waals surface area (Å²) < 4.78 is 29.6. The molecule has 160 valence electrons. The van der Waals surface area contributed by atoms with Crippen LogP contribution in [-0.2, 0) is 0 Å². The van der Waals surface area contributed by atoms with Crippen molar-refractivity contribution in [2.24, 2.45) is 5.73 Å². The first-order chi connectivity index (χ1) is 14.2. The Morgan fingerprint density at radius 2 is 2.10 bits per heavy atom. The second-order valence-electron chi connectivity index (χ2n) is 7.40. The molecule has 0 aromatic carbocycles. The van der Waals surface area contributed by atoms with Gasteiger partial charge in [-0.25, -0.2) is 14.4 Å². The molecule has 3 rings (SSSR count). The number of aromatic amines is 1. The first kappa shape index (κ1) is 21.4. The maximum atomic E-state index is 15.3. The fraction of sp³-hybridized carbons (Fsp3) is 0.400. The molecule has 8 nitrogen and oxygen atoms in total. The van der Waals surface area contributed by atoms with Gasteiger partial charge in [0.2, 0.25) is 5.95 Å². The number of halogens is 2. The van der Waals surface area contributed by atoms with Crippen molar-refractivity contribution < 1.29 is 13.6 Å². The number of rotatable bonds is 5. The first-order valence-electron chi connectivity index (χ1n) is 9.55. The first-order valence-corrected chi connectivity index (χ1v) is 9.55. The summed E-state index contributed by atoms with van der Waals surface area (Å²) in [6.07, 6.45) is 3.16. The van der Waals surface area contributed by atoms with Crippen LogP contribution < -0.4 is 21.5 Å². The fourth-order valence-electron chi connectivity index (χ4n) is 3.38. The van der Waals surface area contributed by atoms with Gasteiger partial charge in [0, 0.05) is 44.0 Å². The van der Waals surface area contributed by atoms with Crippen molar-refractivity contribution in [3.63, 3.8) is 0 Å². The maximum Gasteiger partial charge on any atom is 0.269 e. The van der Waals surface area contributed by atoms with Gasteiger partial charge in [-0.15, -0.1) is 0 Å². The molecule has 1 aliphatic heterocycles. The van der Waals surface area contributed by atoms with Crippen molar-refractivity contribution in [3.05, 3.63) is 57.4 Å². The summed E-state index contributed by atoms with van der Waals surface area (Å²) in [5, 5.41) is 2.39. The predicted octanol–water partition coefficient (Wildman–Crippen LogP) is 1.67. The van der Waals surface area contributed by atoms with E-state index >= 15 is 4.39 Å². The van der Waals surface area contributed by atoms with Gasteiger partial charge in [0.15, 0.2) is 0 Å². The molecule has 2 aromatic rings. The van der Waals surface area contributed by atoms with Crippen LogP contribution in [0.4, 0.5) is 14.5 Å². The second-order valence-corrected chi connectivity index (χ2v) is 7.40. The van der Waals surface area contributed by atoms with E-state index in [9.17, 15) is 14.0 Å². The van der Waals surface area contributed by atoms with Crippen LogP contribution in [0.3, 0.4) is 0 Å². The monoisotopic (exact) mass is 418 g/mol. The molecule has 4 N–H and O–H groups in total. The van der Waals surface area contributed by atoms with Crippen LogP contribution in [0.1, 0.15) is 41.1 Å². The highest BCUT2D eigenvalue weighted by molar-refractivity contribution is 5.92. The molecule has 1 amide bonds. The molecule has 0 radical (unpaired) electrons. The number of hydrogen-bond donors (Lipinski definition) is 3. The molecular weight excluding hydrogens is 394 g/mol. The molecule has 0 unspecified atom stereocenters. The molecule has 1 aliphatic rings. The second kappa shape index (κ2) is 8.60. The van der Waals surface area contributed by atoms with E-state index in [1.807, 2.05) is 0 Å². The summed E-state index contributed by atoms with van der Waals surface area (Å²) in [5.41, 5.74) is 5.11. The molecule has 2 aromatic heterocycles. The number of carbonyl (C=O) groups excluding carboxylic acids is 1. The van der Waals surface area contributed by atoms with Crippen LogP contribution in [0.25, 0.3) is 6.08 Å². The highest BCUT2D eigenvalue weighted by Gasteiger charge is 2.35. The van der Waals surface area contributed by atoms with E-state index < -0.39 is 17.5 Å². The molecule has 0 aliphatic carbocycles. The number of H-pyrrole nitrogens is 1. The maximum absolute atomic E-state index is 15.3. The average Bonchev–Trinajstić information content (AvgIpc) is 2.70. The van der Waals surface area contributed by atoms with Crippen LogP contribution in [0, 0.1) is 12.9 Å². The largest absolute Gasteiger partial charge is 0.402 e. The quantitative estimate of drug-likeness (QED) is 0.636. The normalized spacial score (nSPS) is 16.4. The minimum absolute atomic E-state index is 0.0173. The van der Waals surface area contributed by atoms with Crippen LogP contribution in [0.2, 0.25) is 0 Å². The van der Waals surface area contributed by atoms with E-state index in [0.717, 1.165) is 0 Å². The molecule has 0 saturated carbocycles. The smallest absolute Gasteiger partial charge is 0.269 e. The number of aryl methyl sites for hydroxylation is 1. The van der Waals surface area contributed by atoms with E-state index in [1.54, 1.807) is 11.8 Å². The van der Waals surface area contributed by atoms with Crippen LogP contribution >= 0.6 is 0 Å². The number of piperidine rings is 1. The van der Waals surface area contributed by atoms with Gasteiger partial charge in [0.05, 0.1) is 5.69 Å². The van der Waals surface area contributed by atoms with Gasteiger partial charge < -0.3 is 20.9 Å². The van der Waals surface area contributed by atoms with Gasteiger partial charge in [-0.3, -0.25) is 9.59 Å². The van der Waals surface area contributed by atoms with Crippen LogP contribution in [-0.4, -0.2) is 46.7 Å². The number of anilines is 1. The molecule has 1 fully saturated rings. The fourth-order valence-corrected chi connectivity index (χ4v) is 3.38. The van der Waals surface area contributed by atoms with Crippen molar-refractivity contribution in [2.75, 3.05) is 25.0 Å². The molecule has 0 bridgehead atoms. The topological polar surface area (TPSA) is 117 Å². The van der Waals surface area contributed by atoms with Crippen molar-refractivity contribution in [1.82, 2.24) is 20.3 Å². The number of alkyl halides is 1. The lowest BCUT2D eigenvalue weighted by Gasteiger charge is -2.37. The van der Waals surface area contributed by atoms with Gasteiger partial charge in [0.1, 0.15) is 17.2 Å².